The maximum absolute atomic E-state index is 12.2. The average molecular weight is 376 g/mol. The first-order valence-electron chi connectivity index (χ1n) is 8.51. The first-order chi connectivity index (χ1) is 13.7. The number of carbonyl (C=O) groups is 1. The highest BCUT2D eigenvalue weighted by atomic mass is 16.5. The molecule has 0 amide bonds. The van der Waals surface area contributed by atoms with E-state index in [1.807, 2.05) is 54.6 Å². The van der Waals surface area contributed by atoms with E-state index in [0.717, 1.165) is 11.1 Å². The molecule has 0 N–H and O–H groups in total. The van der Waals surface area contributed by atoms with Crippen LogP contribution in [0.3, 0.4) is 0 Å². The normalized spacial score (nSPS) is 10.6. The lowest BCUT2D eigenvalue weighted by atomic mass is 10.1. The Morgan fingerprint density at radius 3 is 2.64 bits per heavy atom. The van der Waals surface area contributed by atoms with Crippen LogP contribution < -0.4 is 4.74 Å². The van der Waals surface area contributed by atoms with E-state index >= 15 is 0 Å². The van der Waals surface area contributed by atoms with Gasteiger partial charge in [0.25, 0.3) is 0 Å². The third-order valence-electron chi connectivity index (χ3n) is 4.00. The van der Waals surface area contributed by atoms with Gasteiger partial charge in [-0.3, -0.25) is 0 Å². The molecule has 0 spiro atoms. The summed E-state index contributed by atoms with van der Waals surface area (Å²) in [4.78, 5) is 16.1. The predicted octanol–water partition coefficient (Wildman–Crippen LogP) is 4.36. The van der Waals surface area contributed by atoms with Gasteiger partial charge in [0.1, 0.15) is 18.1 Å². The van der Waals surface area contributed by atoms with Crippen molar-refractivity contribution >= 4 is 5.97 Å². The maximum Gasteiger partial charge on any atom is 0.395 e. The molecule has 140 valence electrons. The van der Waals surface area contributed by atoms with E-state index in [-0.39, 0.29) is 12.5 Å². The van der Waals surface area contributed by atoms with Crippen LogP contribution in [0, 0.1) is 0 Å². The van der Waals surface area contributed by atoms with Gasteiger partial charge in [-0.2, -0.15) is 0 Å². The van der Waals surface area contributed by atoms with Crippen molar-refractivity contribution in [1.82, 2.24) is 10.1 Å². The second-order valence-electron chi connectivity index (χ2n) is 5.89. The highest BCUT2D eigenvalue weighted by molar-refractivity contribution is 5.84. The smallest absolute Gasteiger partial charge is 0.395 e. The number of hydrogen-bond acceptors (Lipinski definition) is 7. The minimum Gasteiger partial charge on any atom is -0.497 e. The van der Waals surface area contributed by atoms with E-state index in [2.05, 4.69) is 10.1 Å². The van der Waals surface area contributed by atoms with Crippen molar-refractivity contribution < 1.29 is 23.2 Å². The summed E-state index contributed by atoms with van der Waals surface area (Å²) >= 11 is 0. The molecule has 0 saturated heterocycles. The van der Waals surface area contributed by atoms with Crippen molar-refractivity contribution in [3.8, 4) is 28.4 Å². The molecule has 4 aromatic rings. The number of hydrogen-bond donors (Lipinski definition) is 0. The van der Waals surface area contributed by atoms with Gasteiger partial charge in [0.2, 0.25) is 0 Å². The predicted molar refractivity (Wildman–Crippen MR) is 99.5 cm³/mol. The zero-order valence-corrected chi connectivity index (χ0v) is 15.0. The highest BCUT2D eigenvalue weighted by Gasteiger charge is 2.17. The summed E-state index contributed by atoms with van der Waals surface area (Å²) in [7, 11) is 1.59. The molecule has 2 heterocycles. The van der Waals surface area contributed by atoms with Gasteiger partial charge in [0.15, 0.2) is 11.5 Å². The Kier molecular flexibility index (Phi) is 4.88. The molecule has 0 atom stereocenters. The van der Waals surface area contributed by atoms with Crippen LogP contribution >= 0.6 is 0 Å². The zero-order valence-electron chi connectivity index (χ0n) is 15.0. The summed E-state index contributed by atoms with van der Waals surface area (Å²) in [6.45, 7) is -0.0602. The summed E-state index contributed by atoms with van der Waals surface area (Å²) < 4.78 is 21.2. The largest absolute Gasteiger partial charge is 0.497 e. The van der Waals surface area contributed by atoms with Gasteiger partial charge in [0, 0.05) is 17.2 Å². The summed E-state index contributed by atoms with van der Waals surface area (Å²) in [5.41, 5.74) is 2.11. The summed E-state index contributed by atoms with van der Waals surface area (Å²) in [6.07, 6.45) is 1.49. The number of ether oxygens (including phenoxy) is 2. The number of methoxy groups -OCH3 is 1. The zero-order chi connectivity index (χ0) is 19.3. The van der Waals surface area contributed by atoms with Gasteiger partial charge in [-0.15, -0.1) is 0 Å². The Labute approximate surface area is 160 Å². The van der Waals surface area contributed by atoms with Crippen LogP contribution in [0.15, 0.2) is 75.8 Å². The number of benzene rings is 2. The van der Waals surface area contributed by atoms with Gasteiger partial charge in [-0.1, -0.05) is 47.6 Å². The molecule has 7 heteroatoms. The summed E-state index contributed by atoms with van der Waals surface area (Å²) in [6, 6.07) is 18.5. The van der Waals surface area contributed by atoms with Crippen LogP contribution in [0.4, 0.5) is 0 Å². The fourth-order valence-electron chi connectivity index (χ4n) is 2.60. The molecule has 2 aromatic carbocycles. The van der Waals surface area contributed by atoms with Crippen molar-refractivity contribution in [2.24, 2.45) is 0 Å². The molecule has 0 aliphatic rings. The molecule has 0 saturated carbocycles. The Morgan fingerprint density at radius 1 is 1.00 bits per heavy atom. The Morgan fingerprint density at radius 2 is 1.82 bits per heavy atom. The molecule has 0 fully saturated rings. The van der Waals surface area contributed by atoms with Crippen molar-refractivity contribution in [2.45, 2.75) is 6.61 Å². The molecular formula is C21H16N2O5. The first kappa shape index (κ1) is 17.5. The number of carbonyl (C=O) groups excluding carboxylic acids is 1. The summed E-state index contributed by atoms with van der Waals surface area (Å²) in [5.74, 6) is 0.963. The van der Waals surface area contributed by atoms with Crippen LogP contribution in [-0.4, -0.2) is 23.2 Å². The third kappa shape index (κ3) is 3.78. The number of oxazole rings is 1. The lowest BCUT2D eigenvalue weighted by Gasteiger charge is -2.00. The lowest BCUT2D eigenvalue weighted by molar-refractivity contribution is 0.0419. The molecule has 0 unspecified atom stereocenters. The van der Waals surface area contributed by atoms with E-state index in [4.69, 9.17) is 18.4 Å². The molecule has 0 radical (unpaired) electrons. The Bertz CT molecular complexity index is 1080. The number of rotatable bonds is 6. The molecule has 0 aliphatic heterocycles. The lowest BCUT2D eigenvalue weighted by Crippen LogP contribution is -2.05. The van der Waals surface area contributed by atoms with Crippen LogP contribution in [0.5, 0.6) is 5.75 Å². The fourth-order valence-corrected chi connectivity index (χ4v) is 2.60. The number of esters is 1. The van der Waals surface area contributed by atoms with Gasteiger partial charge in [0.05, 0.1) is 13.3 Å². The first-order valence-corrected chi connectivity index (χ1v) is 8.51. The molecule has 0 aliphatic carbocycles. The van der Waals surface area contributed by atoms with Gasteiger partial charge in [-0.05, 0) is 12.1 Å². The van der Waals surface area contributed by atoms with Crippen molar-refractivity contribution in [3.05, 3.63) is 78.4 Å². The Balaban J connectivity index is 1.40. The second-order valence-corrected chi connectivity index (χ2v) is 5.89. The van der Waals surface area contributed by atoms with Crippen LogP contribution in [0.2, 0.25) is 0 Å². The van der Waals surface area contributed by atoms with Crippen molar-refractivity contribution in [3.63, 3.8) is 0 Å². The van der Waals surface area contributed by atoms with Crippen molar-refractivity contribution in [1.29, 1.82) is 0 Å². The molecular weight excluding hydrogens is 360 g/mol. The van der Waals surface area contributed by atoms with Gasteiger partial charge < -0.3 is 18.4 Å². The Hall–Kier alpha value is -3.87. The minimum atomic E-state index is -0.673. The van der Waals surface area contributed by atoms with Gasteiger partial charge in [-0.25, -0.2) is 9.78 Å². The van der Waals surface area contributed by atoms with E-state index in [9.17, 15) is 4.79 Å². The number of nitrogens with zero attached hydrogens (tertiary/aromatic N) is 2. The van der Waals surface area contributed by atoms with E-state index < -0.39 is 5.97 Å². The van der Waals surface area contributed by atoms with Gasteiger partial charge >= 0.3 is 11.9 Å². The van der Waals surface area contributed by atoms with Crippen LogP contribution in [0.25, 0.3) is 22.6 Å². The molecule has 2 aromatic heterocycles. The third-order valence-corrected chi connectivity index (χ3v) is 4.00. The fraction of sp³-hybridized carbons (Fsp3) is 0.0952. The SMILES string of the molecule is COc1cccc(-c2cc(COC(=O)c3ncc(-c4ccccc4)o3)no2)c1. The summed E-state index contributed by atoms with van der Waals surface area (Å²) in [5, 5.41) is 3.92. The standard InChI is InChI=1S/C21H16N2O5/c1-25-17-9-5-8-15(10-17)18-11-16(23-28-18)13-26-21(24)20-22-12-19(27-20)14-6-3-2-4-7-14/h2-12H,13H2,1H3. The molecule has 0 bridgehead atoms. The van der Waals surface area contributed by atoms with E-state index in [1.54, 1.807) is 13.2 Å². The van der Waals surface area contributed by atoms with Crippen LogP contribution in [-0.2, 0) is 11.3 Å². The molecule has 28 heavy (non-hydrogen) atoms. The van der Waals surface area contributed by atoms with E-state index in [1.165, 1.54) is 6.20 Å². The maximum atomic E-state index is 12.2. The minimum absolute atomic E-state index is 0.0602. The number of aromatic nitrogens is 2. The van der Waals surface area contributed by atoms with Crippen LogP contribution in [0.1, 0.15) is 16.4 Å². The van der Waals surface area contributed by atoms with Crippen molar-refractivity contribution in [2.75, 3.05) is 7.11 Å². The highest BCUT2D eigenvalue weighted by Crippen LogP contribution is 2.25. The quantitative estimate of drug-likeness (QED) is 0.462. The second kappa shape index (κ2) is 7.79. The molecule has 7 nitrogen and oxygen atoms in total. The van der Waals surface area contributed by atoms with E-state index in [0.29, 0.717) is 23.0 Å². The average Bonchev–Trinajstić information content (AvgIpc) is 3.43. The molecule has 4 rings (SSSR count). The topological polar surface area (TPSA) is 87.6 Å². The monoisotopic (exact) mass is 376 g/mol.